The van der Waals surface area contributed by atoms with Gasteiger partial charge in [0.05, 0.1) is 35.4 Å². The van der Waals surface area contributed by atoms with Crippen LogP contribution in [0.5, 0.6) is 5.75 Å². The van der Waals surface area contributed by atoms with Crippen molar-refractivity contribution in [2.75, 3.05) is 0 Å². The van der Waals surface area contributed by atoms with Gasteiger partial charge in [-0.05, 0) is 37.0 Å². The summed E-state index contributed by atoms with van der Waals surface area (Å²) in [7, 11) is 1.84. The van der Waals surface area contributed by atoms with E-state index in [1.807, 2.05) is 37.5 Å². The molecule has 0 radical (unpaired) electrons. The third-order valence-corrected chi connectivity index (χ3v) is 5.55. The van der Waals surface area contributed by atoms with Crippen molar-refractivity contribution in [2.24, 2.45) is 7.05 Å². The summed E-state index contributed by atoms with van der Waals surface area (Å²) < 4.78 is 37.0. The molecular weight excluding hydrogens is 402 g/mol. The fourth-order valence-corrected chi connectivity index (χ4v) is 4.14. The lowest BCUT2D eigenvalue weighted by Gasteiger charge is -2.27. The number of fused-ring (bicyclic) bond motifs is 2. The average molecular weight is 420 g/mol. The highest BCUT2D eigenvalue weighted by molar-refractivity contribution is 5.81. The molecule has 7 nitrogen and oxygen atoms in total. The first kappa shape index (κ1) is 19.2. The summed E-state index contributed by atoms with van der Waals surface area (Å²) in [5.74, 6) is 0.598. The third-order valence-electron chi connectivity index (χ3n) is 5.55. The standard InChI is InChI=1S/C22H18F2N6O/c1-29-12-15(11-27-29)30-18-7-16(6-5-13(18)10-28-30)31-19-4-2-3-17-20(22(23)24)14(8-25)9-26-21(17)19/h5-7,9-12,19,22H,2-4H2,1H3. The smallest absolute Gasteiger partial charge is 0.265 e. The number of pyridine rings is 1. The fraction of sp³-hybridized carbons (Fsp3) is 0.273. The third kappa shape index (κ3) is 3.30. The van der Waals surface area contributed by atoms with Gasteiger partial charge in [-0.1, -0.05) is 0 Å². The van der Waals surface area contributed by atoms with Gasteiger partial charge in [0.15, 0.2) is 0 Å². The molecule has 31 heavy (non-hydrogen) atoms. The molecule has 0 saturated heterocycles. The Kier molecular flexibility index (Phi) is 4.62. The number of halogens is 2. The molecule has 3 aromatic heterocycles. The molecule has 1 aromatic carbocycles. The Morgan fingerprint density at radius 3 is 2.84 bits per heavy atom. The number of hydrogen-bond donors (Lipinski definition) is 0. The van der Waals surface area contributed by atoms with Crippen molar-refractivity contribution in [2.45, 2.75) is 31.8 Å². The van der Waals surface area contributed by atoms with Gasteiger partial charge in [-0.3, -0.25) is 9.67 Å². The minimum atomic E-state index is -2.73. The number of nitrogens with zero attached hydrogens (tertiary/aromatic N) is 6. The molecule has 5 rings (SSSR count). The minimum absolute atomic E-state index is 0.0730. The van der Waals surface area contributed by atoms with E-state index < -0.39 is 12.5 Å². The number of ether oxygens (including phenoxy) is 1. The maximum absolute atomic E-state index is 13.7. The van der Waals surface area contributed by atoms with Gasteiger partial charge >= 0.3 is 0 Å². The van der Waals surface area contributed by atoms with E-state index in [0.29, 0.717) is 36.3 Å². The van der Waals surface area contributed by atoms with Crippen molar-refractivity contribution in [3.05, 3.63) is 65.4 Å². The van der Waals surface area contributed by atoms with Crippen LogP contribution < -0.4 is 4.74 Å². The second kappa shape index (κ2) is 7.47. The molecule has 0 spiro atoms. The quantitative estimate of drug-likeness (QED) is 0.488. The number of nitriles is 1. The summed E-state index contributed by atoms with van der Waals surface area (Å²) in [5, 5.41) is 18.8. The van der Waals surface area contributed by atoms with E-state index in [2.05, 4.69) is 15.2 Å². The molecule has 0 N–H and O–H groups in total. The molecule has 0 aliphatic heterocycles. The summed E-state index contributed by atoms with van der Waals surface area (Å²) in [4.78, 5) is 4.32. The Bertz CT molecular complexity index is 1320. The Labute approximate surface area is 176 Å². The second-order valence-electron chi connectivity index (χ2n) is 7.51. The lowest BCUT2D eigenvalue weighted by Crippen LogP contribution is -2.19. The Morgan fingerprint density at radius 2 is 2.10 bits per heavy atom. The topological polar surface area (TPSA) is 81.5 Å². The summed E-state index contributed by atoms with van der Waals surface area (Å²) in [5.41, 5.74) is 2.31. The minimum Gasteiger partial charge on any atom is -0.484 e. The van der Waals surface area contributed by atoms with Crippen LogP contribution in [0.3, 0.4) is 0 Å². The zero-order chi connectivity index (χ0) is 21.5. The van der Waals surface area contributed by atoms with E-state index in [0.717, 1.165) is 16.6 Å². The molecule has 1 aliphatic rings. The van der Waals surface area contributed by atoms with Crippen molar-refractivity contribution in [1.82, 2.24) is 24.5 Å². The van der Waals surface area contributed by atoms with E-state index in [1.54, 1.807) is 21.8 Å². The van der Waals surface area contributed by atoms with Crippen molar-refractivity contribution in [3.8, 4) is 17.5 Å². The largest absolute Gasteiger partial charge is 0.484 e. The zero-order valence-corrected chi connectivity index (χ0v) is 16.7. The molecule has 0 saturated carbocycles. The lowest BCUT2D eigenvalue weighted by atomic mass is 9.88. The number of benzene rings is 1. The van der Waals surface area contributed by atoms with Crippen LogP contribution in [0.1, 0.15) is 47.8 Å². The number of aryl methyl sites for hydroxylation is 1. The van der Waals surface area contributed by atoms with E-state index in [4.69, 9.17) is 4.74 Å². The van der Waals surface area contributed by atoms with Gasteiger partial charge in [-0.2, -0.15) is 15.5 Å². The highest BCUT2D eigenvalue weighted by Crippen LogP contribution is 2.38. The van der Waals surface area contributed by atoms with Crippen LogP contribution in [0.25, 0.3) is 16.6 Å². The van der Waals surface area contributed by atoms with Gasteiger partial charge in [-0.25, -0.2) is 13.5 Å². The molecule has 1 aliphatic carbocycles. The van der Waals surface area contributed by atoms with E-state index >= 15 is 0 Å². The van der Waals surface area contributed by atoms with Crippen LogP contribution in [0, 0.1) is 11.3 Å². The summed E-state index contributed by atoms with van der Waals surface area (Å²) in [6.45, 7) is 0. The first-order valence-corrected chi connectivity index (χ1v) is 9.88. The van der Waals surface area contributed by atoms with Gasteiger partial charge in [-0.15, -0.1) is 0 Å². The van der Waals surface area contributed by atoms with Crippen molar-refractivity contribution >= 4 is 10.9 Å². The van der Waals surface area contributed by atoms with Gasteiger partial charge < -0.3 is 4.74 Å². The first-order chi connectivity index (χ1) is 15.0. The van der Waals surface area contributed by atoms with Crippen molar-refractivity contribution < 1.29 is 13.5 Å². The Balaban J connectivity index is 1.52. The van der Waals surface area contributed by atoms with E-state index in [-0.39, 0.29) is 11.1 Å². The van der Waals surface area contributed by atoms with Gasteiger partial charge in [0.2, 0.25) is 0 Å². The lowest BCUT2D eigenvalue weighted by molar-refractivity contribution is 0.145. The monoisotopic (exact) mass is 420 g/mol. The molecular formula is C22H18F2N6O. The van der Waals surface area contributed by atoms with Gasteiger partial charge in [0.25, 0.3) is 6.43 Å². The van der Waals surface area contributed by atoms with Gasteiger partial charge in [0, 0.05) is 30.3 Å². The van der Waals surface area contributed by atoms with Crippen LogP contribution in [-0.4, -0.2) is 24.5 Å². The maximum Gasteiger partial charge on any atom is 0.265 e. The number of hydrogen-bond acceptors (Lipinski definition) is 5. The Hall–Kier alpha value is -3.80. The normalized spacial score (nSPS) is 15.8. The number of aromatic nitrogens is 5. The molecule has 4 aromatic rings. The zero-order valence-electron chi connectivity index (χ0n) is 16.7. The van der Waals surface area contributed by atoms with Crippen LogP contribution in [0.4, 0.5) is 8.78 Å². The number of alkyl halides is 2. The van der Waals surface area contributed by atoms with Crippen LogP contribution >= 0.6 is 0 Å². The van der Waals surface area contributed by atoms with Crippen LogP contribution in [-0.2, 0) is 13.5 Å². The maximum atomic E-state index is 13.7. The van der Waals surface area contributed by atoms with Gasteiger partial charge in [0.1, 0.15) is 23.6 Å². The SMILES string of the molecule is Cn1cc(-n2ncc3ccc(OC4CCCc5c4ncc(C#N)c5C(F)F)cc32)cn1. The average Bonchev–Trinajstić information content (AvgIpc) is 3.38. The molecule has 0 bridgehead atoms. The molecule has 156 valence electrons. The van der Waals surface area contributed by atoms with E-state index in [1.165, 1.54) is 6.20 Å². The molecule has 1 atom stereocenters. The molecule has 0 fully saturated rings. The summed E-state index contributed by atoms with van der Waals surface area (Å²) in [6, 6.07) is 7.45. The fourth-order valence-electron chi connectivity index (χ4n) is 4.14. The number of rotatable bonds is 4. The van der Waals surface area contributed by atoms with Crippen LogP contribution in [0.15, 0.2) is 43.0 Å². The second-order valence-corrected chi connectivity index (χ2v) is 7.51. The summed E-state index contributed by atoms with van der Waals surface area (Å²) >= 11 is 0. The van der Waals surface area contributed by atoms with Crippen molar-refractivity contribution in [1.29, 1.82) is 5.26 Å². The highest BCUT2D eigenvalue weighted by atomic mass is 19.3. The highest BCUT2D eigenvalue weighted by Gasteiger charge is 2.30. The molecule has 1 unspecified atom stereocenters. The Morgan fingerprint density at radius 1 is 1.23 bits per heavy atom. The summed E-state index contributed by atoms with van der Waals surface area (Å²) in [6.07, 6.45) is 5.20. The predicted octanol–water partition coefficient (Wildman–Crippen LogP) is 4.42. The molecule has 9 heteroatoms. The molecule has 3 heterocycles. The first-order valence-electron chi connectivity index (χ1n) is 9.88. The van der Waals surface area contributed by atoms with Crippen molar-refractivity contribution in [3.63, 3.8) is 0 Å². The molecule has 0 amide bonds. The van der Waals surface area contributed by atoms with E-state index in [9.17, 15) is 14.0 Å². The predicted molar refractivity (Wildman–Crippen MR) is 108 cm³/mol. The van der Waals surface area contributed by atoms with Crippen LogP contribution in [0.2, 0.25) is 0 Å².